The summed E-state index contributed by atoms with van der Waals surface area (Å²) < 4.78 is 4.98. The molecule has 0 saturated carbocycles. The second-order valence-electron chi connectivity index (χ2n) is 2.99. The molecule has 3 nitrogen and oxygen atoms in total. The predicted octanol–water partition coefficient (Wildman–Crippen LogP) is 1.89. The Morgan fingerprint density at radius 3 is 2.92 bits per heavy atom. The Bertz CT molecular complexity index is 265. The molecule has 1 heterocycles. The molecule has 0 radical (unpaired) electrons. The van der Waals surface area contributed by atoms with Crippen LogP contribution in [0.25, 0.3) is 0 Å². The van der Waals surface area contributed by atoms with Crippen molar-refractivity contribution in [3.8, 4) is 0 Å². The van der Waals surface area contributed by atoms with E-state index in [-0.39, 0.29) is 5.78 Å². The summed E-state index contributed by atoms with van der Waals surface area (Å²) in [4.78, 5) is 10.6. The molecular formula is C9H13NO2. The smallest absolute Gasteiger partial charge is 0.137 e. The number of carbonyl (C=O) groups is 1. The number of carbonyl (C=O) groups excluding carboxylic acids is 1. The van der Waals surface area contributed by atoms with Crippen LogP contribution in [0, 0.1) is 6.92 Å². The van der Waals surface area contributed by atoms with Crippen LogP contribution in [0.15, 0.2) is 10.6 Å². The number of hydrogen-bond acceptors (Lipinski definition) is 3. The molecule has 12 heavy (non-hydrogen) atoms. The largest absolute Gasteiger partial charge is 0.361 e. The third-order valence-corrected chi connectivity index (χ3v) is 1.63. The highest BCUT2D eigenvalue weighted by molar-refractivity contribution is 5.75. The minimum absolute atomic E-state index is 0.228. The number of aryl methyl sites for hydroxylation is 2. The van der Waals surface area contributed by atoms with Crippen molar-refractivity contribution in [2.75, 3.05) is 0 Å². The van der Waals surface area contributed by atoms with Crippen molar-refractivity contribution in [3.05, 3.63) is 17.5 Å². The van der Waals surface area contributed by atoms with Crippen molar-refractivity contribution in [2.24, 2.45) is 0 Å². The summed E-state index contributed by atoms with van der Waals surface area (Å²) in [6.45, 7) is 3.49. The Kier molecular flexibility index (Phi) is 3.02. The van der Waals surface area contributed by atoms with Crippen LogP contribution in [-0.2, 0) is 11.2 Å². The highest BCUT2D eigenvalue weighted by atomic mass is 16.5. The van der Waals surface area contributed by atoms with Crippen LogP contribution in [0.3, 0.4) is 0 Å². The molecule has 0 unspecified atom stereocenters. The van der Waals surface area contributed by atoms with Gasteiger partial charge < -0.3 is 9.32 Å². The molecule has 1 rings (SSSR count). The van der Waals surface area contributed by atoms with E-state index in [2.05, 4.69) is 5.16 Å². The number of rotatable bonds is 4. The van der Waals surface area contributed by atoms with E-state index in [1.54, 1.807) is 6.92 Å². The highest BCUT2D eigenvalue weighted by Crippen LogP contribution is 2.06. The molecule has 0 atom stereocenters. The minimum atomic E-state index is 0.228. The fraction of sp³-hybridized carbons (Fsp3) is 0.556. The number of Topliss-reactive ketones (excluding diaryl/α,β-unsaturated/α-hetero) is 1. The Morgan fingerprint density at radius 1 is 1.67 bits per heavy atom. The van der Waals surface area contributed by atoms with Crippen molar-refractivity contribution in [1.82, 2.24) is 5.16 Å². The first-order valence-electron chi connectivity index (χ1n) is 4.10. The van der Waals surface area contributed by atoms with Gasteiger partial charge >= 0.3 is 0 Å². The summed E-state index contributed by atoms with van der Waals surface area (Å²) in [5.74, 6) is 1.10. The minimum Gasteiger partial charge on any atom is -0.361 e. The predicted molar refractivity (Wildman–Crippen MR) is 44.9 cm³/mol. The molecule has 1 aromatic heterocycles. The van der Waals surface area contributed by atoms with Gasteiger partial charge in [-0.2, -0.15) is 0 Å². The third kappa shape index (κ3) is 2.86. The van der Waals surface area contributed by atoms with Crippen molar-refractivity contribution >= 4 is 5.78 Å². The molecule has 0 aliphatic rings. The topological polar surface area (TPSA) is 43.1 Å². The summed E-state index contributed by atoms with van der Waals surface area (Å²) in [7, 11) is 0. The van der Waals surface area contributed by atoms with Crippen LogP contribution < -0.4 is 0 Å². The lowest BCUT2D eigenvalue weighted by Gasteiger charge is -1.91. The van der Waals surface area contributed by atoms with Gasteiger partial charge in [0, 0.05) is 18.9 Å². The van der Waals surface area contributed by atoms with E-state index >= 15 is 0 Å². The average Bonchev–Trinajstić information content (AvgIpc) is 2.35. The Hall–Kier alpha value is -1.12. The molecule has 1 aromatic rings. The van der Waals surface area contributed by atoms with Crippen LogP contribution >= 0.6 is 0 Å². The molecule has 0 aliphatic heterocycles. The van der Waals surface area contributed by atoms with E-state index in [0.29, 0.717) is 6.42 Å². The van der Waals surface area contributed by atoms with Crippen LogP contribution in [0.1, 0.15) is 31.2 Å². The molecule has 0 aliphatic carbocycles. The van der Waals surface area contributed by atoms with Gasteiger partial charge in [0.2, 0.25) is 0 Å². The third-order valence-electron chi connectivity index (χ3n) is 1.63. The molecule has 66 valence electrons. The maximum absolute atomic E-state index is 10.6. The maximum Gasteiger partial charge on any atom is 0.137 e. The summed E-state index contributed by atoms with van der Waals surface area (Å²) >= 11 is 0. The standard InChI is InChI=1S/C9H13NO2/c1-7-6-9(12-10-7)5-3-4-8(2)11/h6H,3-5H2,1-2H3. The molecule has 0 fully saturated rings. The van der Waals surface area contributed by atoms with Crippen LogP contribution in [-0.4, -0.2) is 10.9 Å². The summed E-state index contributed by atoms with van der Waals surface area (Å²) in [6, 6.07) is 1.90. The van der Waals surface area contributed by atoms with Gasteiger partial charge in [0.15, 0.2) is 0 Å². The summed E-state index contributed by atoms with van der Waals surface area (Å²) in [5, 5.41) is 3.75. The van der Waals surface area contributed by atoms with E-state index < -0.39 is 0 Å². The van der Waals surface area contributed by atoms with Crippen LogP contribution in [0.5, 0.6) is 0 Å². The van der Waals surface area contributed by atoms with Crippen molar-refractivity contribution in [1.29, 1.82) is 0 Å². The van der Waals surface area contributed by atoms with Gasteiger partial charge in [-0.05, 0) is 20.3 Å². The van der Waals surface area contributed by atoms with Crippen molar-refractivity contribution in [2.45, 2.75) is 33.1 Å². The Labute approximate surface area is 71.7 Å². The quantitative estimate of drug-likeness (QED) is 0.687. The first-order chi connectivity index (χ1) is 5.68. The van der Waals surface area contributed by atoms with E-state index in [1.807, 2.05) is 13.0 Å². The lowest BCUT2D eigenvalue weighted by atomic mass is 10.1. The van der Waals surface area contributed by atoms with Crippen LogP contribution in [0.4, 0.5) is 0 Å². The monoisotopic (exact) mass is 167 g/mol. The molecule has 0 aromatic carbocycles. The summed E-state index contributed by atoms with van der Waals surface area (Å²) in [6.07, 6.45) is 2.28. The average molecular weight is 167 g/mol. The van der Waals surface area contributed by atoms with Gasteiger partial charge in [-0.15, -0.1) is 0 Å². The van der Waals surface area contributed by atoms with Gasteiger partial charge in [-0.3, -0.25) is 0 Å². The lowest BCUT2D eigenvalue weighted by molar-refractivity contribution is -0.117. The fourth-order valence-corrected chi connectivity index (χ4v) is 1.05. The SMILES string of the molecule is CC(=O)CCCc1cc(C)no1. The lowest BCUT2D eigenvalue weighted by Crippen LogP contribution is -1.91. The van der Waals surface area contributed by atoms with Gasteiger partial charge in [-0.1, -0.05) is 5.16 Å². The highest BCUT2D eigenvalue weighted by Gasteiger charge is 2.00. The van der Waals surface area contributed by atoms with Crippen LogP contribution in [0.2, 0.25) is 0 Å². The molecule has 0 bridgehead atoms. The molecular weight excluding hydrogens is 154 g/mol. The summed E-state index contributed by atoms with van der Waals surface area (Å²) in [5.41, 5.74) is 0.896. The van der Waals surface area contributed by atoms with Gasteiger partial charge in [0.1, 0.15) is 11.5 Å². The number of ketones is 1. The van der Waals surface area contributed by atoms with Gasteiger partial charge in [0.25, 0.3) is 0 Å². The van der Waals surface area contributed by atoms with E-state index in [0.717, 1.165) is 24.3 Å². The molecule has 3 heteroatoms. The zero-order valence-corrected chi connectivity index (χ0v) is 7.46. The normalized spacial score (nSPS) is 10.2. The maximum atomic E-state index is 10.6. The van der Waals surface area contributed by atoms with Crippen molar-refractivity contribution in [3.63, 3.8) is 0 Å². The van der Waals surface area contributed by atoms with E-state index in [4.69, 9.17) is 4.52 Å². The zero-order valence-electron chi connectivity index (χ0n) is 7.46. The fourth-order valence-electron chi connectivity index (χ4n) is 1.05. The molecule has 0 N–H and O–H groups in total. The second kappa shape index (κ2) is 4.04. The number of hydrogen-bond donors (Lipinski definition) is 0. The van der Waals surface area contributed by atoms with E-state index in [9.17, 15) is 4.79 Å². The van der Waals surface area contributed by atoms with Gasteiger partial charge in [-0.25, -0.2) is 0 Å². The molecule has 0 saturated heterocycles. The molecule has 0 amide bonds. The number of aromatic nitrogens is 1. The first kappa shape index (κ1) is 8.97. The van der Waals surface area contributed by atoms with E-state index in [1.165, 1.54) is 0 Å². The van der Waals surface area contributed by atoms with Crippen molar-refractivity contribution < 1.29 is 9.32 Å². The Balaban J connectivity index is 2.29. The second-order valence-corrected chi connectivity index (χ2v) is 2.99. The Morgan fingerprint density at radius 2 is 2.42 bits per heavy atom. The zero-order chi connectivity index (χ0) is 8.97. The molecule has 0 spiro atoms. The first-order valence-corrected chi connectivity index (χ1v) is 4.10. The van der Waals surface area contributed by atoms with Gasteiger partial charge in [0.05, 0.1) is 5.69 Å². The number of nitrogens with zero attached hydrogens (tertiary/aromatic N) is 1.